The number of thiocarbonyl (C=S) groups is 1. The second-order valence-electron chi connectivity index (χ2n) is 4.82. The number of rotatable bonds is 8. The quantitative estimate of drug-likeness (QED) is 0.639. The lowest BCUT2D eigenvalue weighted by molar-refractivity contribution is 0.153. The van der Waals surface area contributed by atoms with E-state index in [1.165, 1.54) is 6.92 Å². The predicted molar refractivity (Wildman–Crippen MR) is 73.4 cm³/mol. The minimum Gasteiger partial charge on any atom is -0.392 e. The molecule has 5 nitrogen and oxygen atoms in total. The summed E-state index contributed by atoms with van der Waals surface area (Å²) in [6.07, 6.45) is 0.771. The fourth-order valence-electron chi connectivity index (χ4n) is 1.04. The Balaban J connectivity index is 4.41. The van der Waals surface area contributed by atoms with Gasteiger partial charge in [-0.2, -0.15) is 0 Å². The molecular formula is C10H22N2O3S2. The number of hydrogen-bond acceptors (Lipinski definition) is 4. The molecule has 0 heterocycles. The third-order valence-electron chi connectivity index (χ3n) is 2.60. The molecule has 0 aliphatic rings. The van der Waals surface area contributed by atoms with Crippen LogP contribution in [0.2, 0.25) is 0 Å². The zero-order chi connectivity index (χ0) is 13.7. The van der Waals surface area contributed by atoms with Crippen LogP contribution < -0.4 is 10.5 Å². The molecule has 0 aromatic rings. The van der Waals surface area contributed by atoms with E-state index in [0.29, 0.717) is 13.2 Å². The van der Waals surface area contributed by atoms with Crippen LogP contribution in [0, 0.1) is 5.41 Å². The number of ether oxygens (including phenoxy) is 1. The normalized spacial score (nSPS) is 14.6. The van der Waals surface area contributed by atoms with E-state index in [4.69, 9.17) is 10.5 Å². The number of sulfonamides is 1. The van der Waals surface area contributed by atoms with Crippen LogP contribution in [-0.4, -0.2) is 38.9 Å². The Morgan fingerprint density at radius 1 is 1.53 bits per heavy atom. The SMILES string of the molecule is COCCC(C)(C)CNS(=O)(=O)C(C)C(N)=S. The first kappa shape index (κ1) is 16.8. The zero-order valence-electron chi connectivity index (χ0n) is 10.8. The Morgan fingerprint density at radius 2 is 2.06 bits per heavy atom. The summed E-state index contributed by atoms with van der Waals surface area (Å²) in [6.45, 7) is 6.36. The zero-order valence-corrected chi connectivity index (χ0v) is 12.5. The topological polar surface area (TPSA) is 81.4 Å². The summed E-state index contributed by atoms with van der Waals surface area (Å²) in [4.78, 5) is -0.0211. The maximum absolute atomic E-state index is 11.8. The van der Waals surface area contributed by atoms with Gasteiger partial charge in [0.25, 0.3) is 0 Å². The van der Waals surface area contributed by atoms with Crippen molar-refractivity contribution in [3.05, 3.63) is 0 Å². The molecule has 0 aliphatic heterocycles. The fourth-order valence-corrected chi connectivity index (χ4v) is 2.57. The van der Waals surface area contributed by atoms with Gasteiger partial charge < -0.3 is 10.5 Å². The first-order chi connectivity index (χ1) is 7.62. The van der Waals surface area contributed by atoms with Gasteiger partial charge in [-0.3, -0.25) is 0 Å². The monoisotopic (exact) mass is 282 g/mol. The molecule has 0 saturated heterocycles. The Bertz CT molecular complexity index is 353. The van der Waals surface area contributed by atoms with Gasteiger partial charge in [0.15, 0.2) is 0 Å². The second kappa shape index (κ2) is 6.63. The van der Waals surface area contributed by atoms with Crippen LogP contribution in [0.3, 0.4) is 0 Å². The predicted octanol–water partition coefficient (Wildman–Crippen LogP) is 0.643. The summed E-state index contributed by atoms with van der Waals surface area (Å²) >= 11 is 4.68. The first-order valence-corrected chi connectivity index (χ1v) is 7.34. The Hall–Kier alpha value is -0.240. The van der Waals surface area contributed by atoms with Gasteiger partial charge in [-0.15, -0.1) is 0 Å². The smallest absolute Gasteiger partial charge is 0.220 e. The maximum Gasteiger partial charge on any atom is 0.220 e. The highest BCUT2D eigenvalue weighted by Gasteiger charge is 2.26. The number of hydrogen-bond donors (Lipinski definition) is 2. The van der Waals surface area contributed by atoms with Gasteiger partial charge in [-0.25, -0.2) is 13.1 Å². The molecule has 0 amide bonds. The van der Waals surface area contributed by atoms with Gasteiger partial charge in [0.2, 0.25) is 10.0 Å². The minimum absolute atomic E-state index is 0.0211. The van der Waals surface area contributed by atoms with Crippen molar-refractivity contribution in [3.63, 3.8) is 0 Å². The molecule has 0 saturated carbocycles. The lowest BCUT2D eigenvalue weighted by Crippen LogP contribution is -2.43. The number of nitrogens with one attached hydrogen (secondary N) is 1. The van der Waals surface area contributed by atoms with E-state index in [1.807, 2.05) is 13.8 Å². The minimum atomic E-state index is -3.47. The van der Waals surface area contributed by atoms with Gasteiger partial charge >= 0.3 is 0 Å². The van der Waals surface area contributed by atoms with Crippen LogP contribution in [0.4, 0.5) is 0 Å². The molecule has 0 aromatic carbocycles. The number of methoxy groups -OCH3 is 1. The van der Waals surface area contributed by atoms with E-state index in [9.17, 15) is 8.42 Å². The van der Waals surface area contributed by atoms with Crippen molar-refractivity contribution in [2.75, 3.05) is 20.3 Å². The third kappa shape index (κ3) is 6.30. The standard InChI is InChI=1S/C10H22N2O3S2/c1-8(9(11)16)17(13,14)12-7-10(2,3)5-6-15-4/h8,12H,5-7H2,1-4H3,(H2,11,16). The van der Waals surface area contributed by atoms with Crippen LogP contribution >= 0.6 is 12.2 Å². The molecule has 1 unspecified atom stereocenters. The fraction of sp³-hybridized carbons (Fsp3) is 0.900. The number of nitrogens with two attached hydrogens (primary N) is 1. The van der Waals surface area contributed by atoms with E-state index in [0.717, 1.165) is 6.42 Å². The molecule has 0 aromatic heterocycles. The van der Waals surface area contributed by atoms with Crippen molar-refractivity contribution in [1.82, 2.24) is 4.72 Å². The molecule has 0 fully saturated rings. The molecule has 0 radical (unpaired) electrons. The van der Waals surface area contributed by atoms with E-state index < -0.39 is 15.3 Å². The maximum atomic E-state index is 11.8. The third-order valence-corrected chi connectivity index (χ3v) is 4.84. The van der Waals surface area contributed by atoms with Gasteiger partial charge in [-0.05, 0) is 18.8 Å². The Kier molecular flexibility index (Phi) is 6.53. The molecule has 0 spiro atoms. The van der Waals surface area contributed by atoms with E-state index in [2.05, 4.69) is 16.9 Å². The van der Waals surface area contributed by atoms with Crippen LogP contribution in [0.15, 0.2) is 0 Å². The van der Waals surface area contributed by atoms with Gasteiger partial charge in [0, 0.05) is 20.3 Å². The van der Waals surface area contributed by atoms with Gasteiger partial charge in [0.1, 0.15) is 5.25 Å². The average molecular weight is 282 g/mol. The molecule has 0 aliphatic carbocycles. The van der Waals surface area contributed by atoms with Crippen LogP contribution in [0.25, 0.3) is 0 Å². The lowest BCUT2D eigenvalue weighted by atomic mass is 9.90. The highest BCUT2D eigenvalue weighted by molar-refractivity contribution is 7.93. The lowest BCUT2D eigenvalue weighted by Gasteiger charge is -2.25. The molecule has 0 rings (SSSR count). The van der Waals surface area contributed by atoms with Crippen molar-refractivity contribution < 1.29 is 13.2 Å². The van der Waals surface area contributed by atoms with E-state index >= 15 is 0 Å². The summed E-state index contributed by atoms with van der Waals surface area (Å²) in [5.41, 5.74) is 5.17. The van der Waals surface area contributed by atoms with Crippen molar-refractivity contribution in [2.24, 2.45) is 11.1 Å². The van der Waals surface area contributed by atoms with E-state index in [1.54, 1.807) is 7.11 Å². The summed E-state index contributed by atoms with van der Waals surface area (Å²) in [7, 11) is -1.85. The molecule has 1 atom stereocenters. The largest absolute Gasteiger partial charge is 0.392 e. The summed E-state index contributed by atoms with van der Waals surface area (Å²) in [6, 6.07) is 0. The Labute approximate surface area is 109 Å². The molecule has 7 heteroatoms. The van der Waals surface area contributed by atoms with Crippen molar-refractivity contribution >= 4 is 27.2 Å². The van der Waals surface area contributed by atoms with Crippen molar-refractivity contribution in [1.29, 1.82) is 0 Å². The van der Waals surface area contributed by atoms with Crippen LogP contribution in [0.5, 0.6) is 0 Å². The average Bonchev–Trinajstić information content (AvgIpc) is 2.23. The molecule has 17 heavy (non-hydrogen) atoms. The highest BCUT2D eigenvalue weighted by Crippen LogP contribution is 2.19. The van der Waals surface area contributed by atoms with Crippen LogP contribution in [-0.2, 0) is 14.8 Å². The van der Waals surface area contributed by atoms with Crippen molar-refractivity contribution in [3.8, 4) is 0 Å². The second-order valence-corrected chi connectivity index (χ2v) is 7.37. The Morgan fingerprint density at radius 3 is 2.47 bits per heavy atom. The summed E-state index contributed by atoms with van der Waals surface area (Å²) in [5.74, 6) is 0. The molecule has 0 bridgehead atoms. The van der Waals surface area contributed by atoms with Gasteiger partial charge in [0.05, 0.1) is 4.99 Å². The molecule has 3 N–H and O–H groups in total. The summed E-state index contributed by atoms with van der Waals surface area (Å²) < 4.78 is 31.1. The molecule has 102 valence electrons. The van der Waals surface area contributed by atoms with E-state index in [-0.39, 0.29) is 10.4 Å². The summed E-state index contributed by atoms with van der Waals surface area (Å²) in [5, 5.41) is -0.851. The molecular weight excluding hydrogens is 260 g/mol. The first-order valence-electron chi connectivity index (χ1n) is 5.39. The highest BCUT2D eigenvalue weighted by atomic mass is 32.2. The van der Waals surface area contributed by atoms with Crippen LogP contribution in [0.1, 0.15) is 27.2 Å². The van der Waals surface area contributed by atoms with Crippen molar-refractivity contribution in [2.45, 2.75) is 32.4 Å². The van der Waals surface area contributed by atoms with Gasteiger partial charge in [-0.1, -0.05) is 26.1 Å².